The second-order valence-electron chi connectivity index (χ2n) is 15.2. The number of nitrogens with zero attached hydrogens (tertiary/aromatic N) is 2. The predicted molar refractivity (Wildman–Crippen MR) is 294 cm³/mol. The first-order valence-corrected chi connectivity index (χ1v) is 23.5. The highest BCUT2D eigenvalue weighted by molar-refractivity contribution is 7.13. The number of ether oxygens (including phenoxy) is 7. The van der Waals surface area contributed by atoms with E-state index in [1.54, 1.807) is 50.6 Å². The van der Waals surface area contributed by atoms with Crippen LogP contribution < -0.4 is 34.3 Å². The largest absolute Gasteiger partial charge is 0.496 e. The van der Waals surface area contributed by atoms with Gasteiger partial charge in [0.1, 0.15) is 33.8 Å². The minimum absolute atomic E-state index is 0.0161. The van der Waals surface area contributed by atoms with Gasteiger partial charge in [0.25, 0.3) is 11.4 Å². The van der Waals surface area contributed by atoms with Crippen LogP contribution in [0.15, 0.2) is 133 Å². The van der Waals surface area contributed by atoms with Crippen molar-refractivity contribution >= 4 is 46.0 Å². The van der Waals surface area contributed by atoms with Crippen molar-refractivity contribution in [3.63, 3.8) is 0 Å². The molecule has 0 saturated carbocycles. The minimum atomic E-state index is -0.484. The standard InChI is InChI=1S/C9H10O2.C8H10FN.C8H9FO.C8H9NO4.C8H9NO3.C8H11NO.C7H8O2S/c1-7-3-5-8(6-4-7)9(10)11-2;2*1-6-3-4-7(9)5-8(6)10-2;1-12-7-4-3-6(9(10)11)5-8(7)13-2;1-6-3-4-7(9(10)11)5-8(6)12-2;1-9-7-5-3-4-6-8(7)10-2;1-5-3-4-6(10-5)7(8)9-2/h3-6H,1-2H3;3-5,10H,1-2H3;3-5H,1-2H3;3-5H,1-2H3;3-5H,1-2H3;3-6,9H,1-2H3;3-4H,1-2H3. The molecule has 2 N–H and O–H groups in total. The van der Waals surface area contributed by atoms with Crippen molar-refractivity contribution in [1.82, 2.24) is 0 Å². The SMILES string of the molecule is CNc1cc(F)ccc1C.CNc1ccccc1OC.COC(=O)c1ccc(C)cc1.COC(=O)c1ccc(C)s1.COc1cc(F)ccc1C.COc1cc([N+](=O)[O-])ccc1C.COc1ccc([N+](=O)[O-])cc1OC. The van der Waals surface area contributed by atoms with Crippen molar-refractivity contribution in [3.05, 3.63) is 203 Å². The number of nitro groups is 2. The number of anilines is 2. The zero-order chi connectivity index (χ0) is 57.3. The van der Waals surface area contributed by atoms with E-state index in [9.17, 15) is 38.6 Å². The average Bonchev–Trinajstić information content (AvgIpc) is 3.88. The Morgan fingerprint density at radius 1 is 0.474 bits per heavy atom. The van der Waals surface area contributed by atoms with E-state index in [0.717, 1.165) is 44.3 Å². The van der Waals surface area contributed by atoms with Gasteiger partial charge in [-0.1, -0.05) is 42.0 Å². The average molecular weight is 1070 g/mol. The molecule has 1 heterocycles. The van der Waals surface area contributed by atoms with Crippen molar-refractivity contribution in [2.45, 2.75) is 34.6 Å². The Morgan fingerprint density at radius 2 is 0.934 bits per heavy atom. The second kappa shape index (κ2) is 35.4. The van der Waals surface area contributed by atoms with Gasteiger partial charge in [-0.3, -0.25) is 20.2 Å². The van der Waals surface area contributed by atoms with E-state index in [2.05, 4.69) is 20.1 Å². The maximum absolute atomic E-state index is 12.5. The van der Waals surface area contributed by atoms with Crippen LogP contribution in [0.2, 0.25) is 0 Å². The molecule has 0 aliphatic rings. The number of halogens is 2. The van der Waals surface area contributed by atoms with Gasteiger partial charge in [0.05, 0.1) is 83.0 Å². The molecule has 0 fully saturated rings. The van der Waals surface area contributed by atoms with E-state index in [4.69, 9.17) is 23.7 Å². The van der Waals surface area contributed by atoms with Crippen LogP contribution in [0.5, 0.6) is 28.7 Å². The number of hydrogen-bond donors (Lipinski definition) is 2. The van der Waals surface area contributed by atoms with Gasteiger partial charge in [-0.05, 0) is 118 Å². The number of carbonyl (C=O) groups excluding carboxylic acids is 2. The predicted octanol–water partition coefficient (Wildman–Crippen LogP) is 13.2. The van der Waals surface area contributed by atoms with Crippen LogP contribution in [-0.2, 0) is 9.47 Å². The lowest BCUT2D eigenvalue weighted by atomic mass is 10.2. The Balaban J connectivity index is 0.000000444. The first-order chi connectivity index (χ1) is 36.2. The third kappa shape index (κ3) is 23.4. The van der Waals surface area contributed by atoms with Crippen LogP contribution in [0.1, 0.15) is 47.2 Å². The Bertz CT molecular complexity index is 2830. The van der Waals surface area contributed by atoms with Crippen molar-refractivity contribution < 1.29 is 61.4 Å². The topological polar surface area (TPSA) is 209 Å². The summed E-state index contributed by atoms with van der Waals surface area (Å²) in [5.41, 5.74) is 6.53. The number of thiophene rings is 1. The maximum Gasteiger partial charge on any atom is 0.348 e. The van der Waals surface area contributed by atoms with E-state index in [1.165, 1.54) is 109 Å². The fraction of sp³-hybridized carbons (Fsp3) is 0.250. The third-order valence-electron chi connectivity index (χ3n) is 10.00. The number of rotatable bonds is 11. The number of nitrogens with one attached hydrogen (secondary N) is 2. The molecule has 0 aliphatic heterocycles. The lowest BCUT2D eigenvalue weighted by molar-refractivity contribution is -0.385. The fourth-order valence-corrected chi connectivity index (χ4v) is 6.61. The molecule has 1 aromatic heterocycles. The summed E-state index contributed by atoms with van der Waals surface area (Å²) in [5.74, 6) is 1.86. The first-order valence-electron chi connectivity index (χ1n) is 22.7. The van der Waals surface area contributed by atoms with Crippen LogP contribution in [0.3, 0.4) is 0 Å². The summed E-state index contributed by atoms with van der Waals surface area (Å²) in [6, 6.07) is 36.6. The van der Waals surface area contributed by atoms with E-state index < -0.39 is 9.85 Å². The van der Waals surface area contributed by atoms with Gasteiger partial charge >= 0.3 is 11.9 Å². The summed E-state index contributed by atoms with van der Waals surface area (Å²) >= 11 is 1.45. The van der Waals surface area contributed by atoms with Gasteiger partial charge in [-0.2, -0.15) is 0 Å². The number of carbonyl (C=O) groups is 2. The molecule has 7 aromatic rings. The van der Waals surface area contributed by atoms with Crippen molar-refractivity contribution in [2.24, 2.45) is 0 Å². The van der Waals surface area contributed by atoms with Crippen LogP contribution in [0, 0.1) is 66.5 Å². The molecule has 0 amide bonds. The number of aryl methyl sites for hydroxylation is 5. The van der Waals surface area contributed by atoms with Crippen molar-refractivity contribution in [3.8, 4) is 28.7 Å². The molecular weight excluding hydrogens is 1010 g/mol. The number of non-ortho nitro benzene ring substituents is 2. The second-order valence-corrected chi connectivity index (χ2v) is 16.5. The Labute approximate surface area is 446 Å². The van der Waals surface area contributed by atoms with Gasteiger partial charge in [0.15, 0.2) is 11.5 Å². The smallest absolute Gasteiger partial charge is 0.348 e. The quantitative estimate of drug-likeness (QED) is 0.0701. The lowest BCUT2D eigenvalue weighted by Crippen LogP contribution is -2.00. The van der Waals surface area contributed by atoms with Gasteiger partial charge in [-0.15, -0.1) is 11.3 Å². The molecule has 0 radical (unpaired) electrons. The molecule has 0 unspecified atom stereocenters. The van der Waals surface area contributed by atoms with E-state index in [-0.39, 0.29) is 34.9 Å². The van der Waals surface area contributed by atoms with E-state index in [1.807, 2.05) is 84.1 Å². The molecule has 6 aromatic carbocycles. The van der Waals surface area contributed by atoms with Crippen molar-refractivity contribution in [2.75, 3.05) is 74.5 Å². The summed E-state index contributed by atoms with van der Waals surface area (Å²) in [6.07, 6.45) is 0. The van der Waals surface area contributed by atoms with Gasteiger partial charge in [-0.25, -0.2) is 18.4 Å². The lowest BCUT2D eigenvalue weighted by Gasteiger charge is -2.05. The molecular formula is C56H66F2N4O13S. The Morgan fingerprint density at radius 3 is 1.37 bits per heavy atom. The summed E-state index contributed by atoms with van der Waals surface area (Å²) in [5, 5.41) is 26.6. The number of methoxy groups -OCH3 is 7. The number of para-hydroxylation sites is 2. The highest BCUT2D eigenvalue weighted by atomic mass is 32.1. The molecule has 0 spiro atoms. The number of benzene rings is 6. The van der Waals surface area contributed by atoms with Crippen LogP contribution in [0.4, 0.5) is 31.5 Å². The van der Waals surface area contributed by atoms with Crippen LogP contribution >= 0.6 is 11.3 Å². The van der Waals surface area contributed by atoms with E-state index in [0.29, 0.717) is 33.4 Å². The molecule has 408 valence electrons. The number of nitro benzene ring substituents is 2. The summed E-state index contributed by atoms with van der Waals surface area (Å²) in [6.45, 7) is 9.57. The summed E-state index contributed by atoms with van der Waals surface area (Å²) < 4.78 is 58.7. The molecule has 20 heteroatoms. The van der Waals surface area contributed by atoms with Crippen LogP contribution in [-0.4, -0.2) is 85.6 Å². The van der Waals surface area contributed by atoms with E-state index >= 15 is 0 Å². The van der Waals surface area contributed by atoms with Gasteiger partial charge in [0.2, 0.25) is 0 Å². The molecule has 76 heavy (non-hydrogen) atoms. The summed E-state index contributed by atoms with van der Waals surface area (Å²) in [4.78, 5) is 43.3. The van der Waals surface area contributed by atoms with Gasteiger partial charge < -0.3 is 43.8 Å². The van der Waals surface area contributed by atoms with Crippen LogP contribution in [0.25, 0.3) is 0 Å². The third-order valence-corrected chi connectivity index (χ3v) is 11.0. The zero-order valence-corrected chi connectivity index (χ0v) is 45.9. The molecule has 0 bridgehead atoms. The highest BCUT2D eigenvalue weighted by Crippen LogP contribution is 2.30. The molecule has 0 atom stereocenters. The zero-order valence-electron chi connectivity index (χ0n) is 45.1. The van der Waals surface area contributed by atoms with Crippen molar-refractivity contribution in [1.29, 1.82) is 0 Å². The summed E-state index contributed by atoms with van der Waals surface area (Å²) in [7, 11) is 14.0. The Kier molecular flexibility index (Phi) is 30.4. The Hall–Kier alpha value is -8.78. The molecule has 0 aliphatic carbocycles. The highest BCUT2D eigenvalue weighted by Gasteiger charge is 2.12. The molecule has 17 nitrogen and oxygen atoms in total. The molecule has 0 saturated heterocycles. The normalized spacial score (nSPS) is 9.37. The fourth-order valence-electron chi connectivity index (χ4n) is 5.82. The monoisotopic (exact) mass is 1070 g/mol. The molecule has 7 rings (SSSR count). The first kappa shape index (κ1) is 65.2. The number of esters is 2. The minimum Gasteiger partial charge on any atom is -0.496 e. The number of hydrogen-bond acceptors (Lipinski definition) is 16. The maximum atomic E-state index is 12.5. The van der Waals surface area contributed by atoms with Gasteiger partial charge in [0, 0.05) is 42.9 Å².